The summed E-state index contributed by atoms with van der Waals surface area (Å²) in [5, 5.41) is 10.1. The lowest BCUT2D eigenvalue weighted by molar-refractivity contribution is 0.628. The Morgan fingerprint density at radius 2 is 2.04 bits per heavy atom. The van der Waals surface area contributed by atoms with Crippen LogP contribution in [0, 0.1) is 24.1 Å². The molecule has 24 heavy (non-hydrogen) atoms. The first-order valence-electron chi connectivity index (χ1n) is 7.36. The van der Waals surface area contributed by atoms with E-state index in [4.69, 9.17) is 11.6 Å². The average molecular weight is 336 g/mol. The Bertz CT molecular complexity index is 1150. The second-order valence-corrected chi connectivity index (χ2v) is 5.93. The molecule has 0 saturated carbocycles. The maximum atomic E-state index is 13.7. The summed E-state index contributed by atoms with van der Waals surface area (Å²) in [6.45, 7) is 1.81. The third kappa shape index (κ3) is 1.99. The molecule has 0 aliphatic carbocycles. The number of fused-ring (bicyclic) bond motifs is 3. The number of pyridine rings is 1. The molecule has 4 aromatic rings. The van der Waals surface area contributed by atoms with Crippen LogP contribution in [0.25, 0.3) is 27.8 Å². The zero-order valence-corrected chi connectivity index (χ0v) is 13.5. The number of imidazole rings is 1. The zero-order valence-electron chi connectivity index (χ0n) is 12.7. The Balaban J connectivity index is 2.23. The Labute approximate surface area is 142 Å². The van der Waals surface area contributed by atoms with Gasteiger partial charge in [-0.3, -0.25) is 4.40 Å². The minimum atomic E-state index is -0.347. The van der Waals surface area contributed by atoms with Crippen LogP contribution in [0.3, 0.4) is 0 Å². The molecule has 0 bridgehead atoms. The van der Waals surface area contributed by atoms with Crippen LogP contribution in [0.15, 0.2) is 48.7 Å². The maximum absolute atomic E-state index is 13.7. The van der Waals surface area contributed by atoms with Gasteiger partial charge in [0.05, 0.1) is 16.1 Å². The van der Waals surface area contributed by atoms with Gasteiger partial charge in [-0.2, -0.15) is 5.26 Å². The van der Waals surface area contributed by atoms with Crippen molar-refractivity contribution in [2.45, 2.75) is 6.92 Å². The van der Waals surface area contributed by atoms with Crippen molar-refractivity contribution in [3.05, 3.63) is 70.6 Å². The summed E-state index contributed by atoms with van der Waals surface area (Å²) in [5.41, 5.74) is 4.38. The van der Waals surface area contributed by atoms with Gasteiger partial charge in [0.15, 0.2) is 0 Å². The Morgan fingerprint density at radius 1 is 1.21 bits per heavy atom. The lowest BCUT2D eigenvalue weighted by atomic mass is 9.95. The summed E-state index contributed by atoms with van der Waals surface area (Å²) >= 11 is 6.69. The van der Waals surface area contributed by atoms with Crippen LogP contribution in [-0.2, 0) is 0 Å². The summed E-state index contributed by atoms with van der Waals surface area (Å²) in [4.78, 5) is 4.54. The smallest absolute Gasteiger partial charge is 0.138 e. The van der Waals surface area contributed by atoms with Gasteiger partial charge in [0.2, 0.25) is 0 Å². The van der Waals surface area contributed by atoms with Crippen LogP contribution in [0.2, 0.25) is 5.02 Å². The molecule has 0 radical (unpaired) electrons. The normalized spacial score (nSPS) is 11.1. The van der Waals surface area contributed by atoms with E-state index in [1.165, 1.54) is 12.1 Å². The minimum Gasteiger partial charge on any atom is -0.298 e. The van der Waals surface area contributed by atoms with Crippen LogP contribution < -0.4 is 0 Å². The molecule has 0 fully saturated rings. The highest BCUT2D eigenvalue weighted by Crippen LogP contribution is 2.40. The number of hydrogen-bond donors (Lipinski definition) is 0. The van der Waals surface area contributed by atoms with Crippen molar-refractivity contribution in [3.8, 4) is 17.2 Å². The second kappa shape index (κ2) is 5.33. The molecule has 0 aliphatic rings. The molecule has 0 aliphatic heterocycles. The van der Waals surface area contributed by atoms with E-state index < -0.39 is 0 Å². The van der Waals surface area contributed by atoms with E-state index in [9.17, 15) is 9.65 Å². The molecule has 2 aromatic heterocycles. The highest BCUT2D eigenvalue weighted by molar-refractivity contribution is 6.38. The Kier molecular flexibility index (Phi) is 3.26. The minimum absolute atomic E-state index is 0.347. The fraction of sp³-hybridized carbons (Fsp3) is 0.0526. The molecule has 2 heterocycles. The van der Waals surface area contributed by atoms with E-state index in [1.54, 1.807) is 12.1 Å². The topological polar surface area (TPSA) is 41.1 Å². The summed E-state index contributed by atoms with van der Waals surface area (Å²) in [5.74, 6) is -0.347. The van der Waals surface area contributed by atoms with Gasteiger partial charge >= 0.3 is 0 Å². The fourth-order valence-corrected chi connectivity index (χ4v) is 3.52. The maximum Gasteiger partial charge on any atom is 0.138 e. The molecular formula is C19H11ClFN3. The van der Waals surface area contributed by atoms with Crippen molar-refractivity contribution in [1.29, 1.82) is 5.26 Å². The highest BCUT2D eigenvalue weighted by atomic mass is 35.5. The second-order valence-electron chi connectivity index (χ2n) is 5.55. The SMILES string of the molecule is Cc1c(-c2cccc(F)c2)c(Cl)c2c(nc3ccccn32)c1C#N. The van der Waals surface area contributed by atoms with Crippen molar-refractivity contribution in [2.75, 3.05) is 0 Å². The molecule has 0 saturated heterocycles. The van der Waals surface area contributed by atoms with Crippen LogP contribution in [0.1, 0.15) is 11.1 Å². The van der Waals surface area contributed by atoms with Gasteiger partial charge in [0.25, 0.3) is 0 Å². The van der Waals surface area contributed by atoms with E-state index in [-0.39, 0.29) is 5.82 Å². The van der Waals surface area contributed by atoms with Gasteiger partial charge in [0.1, 0.15) is 23.1 Å². The molecule has 0 atom stereocenters. The summed E-state index contributed by atoms with van der Waals surface area (Å²) in [7, 11) is 0. The number of rotatable bonds is 1. The van der Waals surface area contributed by atoms with Crippen LogP contribution in [-0.4, -0.2) is 9.38 Å². The van der Waals surface area contributed by atoms with E-state index in [1.807, 2.05) is 35.7 Å². The summed E-state index contributed by atoms with van der Waals surface area (Å²) < 4.78 is 15.5. The number of halogens is 2. The molecule has 0 spiro atoms. The third-order valence-electron chi connectivity index (χ3n) is 4.17. The average Bonchev–Trinajstić information content (AvgIpc) is 2.95. The van der Waals surface area contributed by atoms with Crippen molar-refractivity contribution in [2.24, 2.45) is 0 Å². The first-order chi connectivity index (χ1) is 11.6. The highest BCUT2D eigenvalue weighted by Gasteiger charge is 2.21. The molecule has 4 rings (SSSR count). The lowest BCUT2D eigenvalue weighted by Gasteiger charge is -2.12. The number of nitrogens with zero attached hydrogens (tertiary/aromatic N) is 3. The number of hydrogen-bond acceptors (Lipinski definition) is 2. The van der Waals surface area contributed by atoms with E-state index >= 15 is 0 Å². The number of nitriles is 1. The van der Waals surface area contributed by atoms with Gasteiger partial charge in [-0.1, -0.05) is 29.8 Å². The van der Waals surface area contributed by atoms with Gasteiger partial charge in [-0.15, -0.1) is 0 Å². The lowest BCUT2D eigenvalue weighted by Crippen LogP contribution is -1.94. The van der Waals surface area contributed by atoms with E-state index in [2.05, 4.69) is 11.1 Å². The molecule has 116 valence electrons. The first-order valence-corrected chi connectivity index (χ1v) is 7.74. The molecule has 0 N–H and O–H groups in total. The third-order valence-corrected chi connectivity index (χ3v) is 4.54. The largest absolute Gasteiger partial charge is 0.298 e. The Hall–Kier alpha value is -2.90. The number of aromatic nitrogens is 2. The van der Waals surface area contributed by atoms with Crippen molar-refractivity contribution in [1.82, 2.24) is 9.38 Å². The zero-order chi connectivity index (χ0) is 16.8. The van der Waals surface area contributed by atoms with Crippen molar-refractivity contribution in [3.63, 3.8) is 0 Å². The van der Waals surface area contributed by atoms with Crippen LogP contribution in [0.5, 0.6) is 0 Å². The predicted octanol–water partition coefficient (Wildman–Crippen LogP) is 5.13. The quantitative estimate of drug-likeness (QED) is 0.484. The predicted molar refractivity (Wildman–Crippen MR) is 92.6 cm³/mol. The standard InChI is InChI=1S/C19H11ClFN3/c1-11-14(10-22)18-19(24-8-3-2-7-15(24)23-18)17(20)16(11)12-5-4-6-13(21)9-12/h2-9H,1H3. The van der Waals surface area contributed by atoms with E-state index in [0.29, 0.717) is 44.0 Å². The molecule has 5 heteroatoms. The molecule has 2 aromatic carbocycles. The van der Waals surface area contributed by atoms with E-state index in [0.717, 1.165) is 0 Å². The van der Waals surface area contributed by atoms with Gasteiger partial charge in [-0.05, 0) is 42.3 Å². The summed E-state index contributed by atoms with van der Waals surface area (Å²) in [6, 6.07) is 14.0. The summed E-state index contributed by atoms with van der Waals surface area (Å²) in [6.07, 6.45) is 1.85. The molecule has 0 unspecified atom stereocenters. The molecule has 0 amide bonds. The Morgan fingerprint density at radius 3 is 2.79 bits per heavy atom. The fourth-order valence-electron chi connectivity index (χ4n) is 3.09. The van der Waals surface area contributed by atoms with Crippen LogP contribution >= 0.6 is 11.6 Å². The first kappa shape index (κ1) is 14.7. The monoisotopic (exact) mass is 335 g/mol. The van der Waals surface area contributed by atoms with Crippen molar-refractivity contribution >= 4 is 28.3 Å². The molecular weight excluding hydrogens is 325 g/mol. The van der Waals surface area contributed by atoms with Gasteiger partial charge in [0, 0.05) is 11.8 Å². The number of benzene rings is 2. The van der Waals surface area contributed by atoms with Gasteiger partial charge in [-0.25, -0.2) is 9.37 Å². The molecule has 3 nitrogen and oxygen atoms in total. The van der Waals surface area contributed by atoms with Gasteiger partial charge < -0.3 is 0 Å². The van der Waals surface area contributed by atoms with Crippen LogP contribution in [0.4, 0.5) is 4.39 Å². The van der Waals surface area contributed by atoms with Crippen molar-refractivity contribution < 1.29 is 4.39 Å².